The van der Waals surface area contributed by atoms with Crippen LogP contribution in [0.5, 0.6) is 0 Å². The maximum atomic E-state index is 13.4. The van der Waals surface area contributed by atoms with Crippen molar-refractivity contribution in [2.24, 2.45) is 0 Å². The monoisotopic (exact) mass is 363 g/mol. The SMILES string of the molecule is OC(CNc1nnc(Cc2ccccc2)s1)c1ccc(Cl)c(F)c1. The van der Waals surface area contributed by atoms with Gasteiger partial charge in [0.25, 0.3) is 0 Å². The van der Waals surface area contributed by atoms with Crippen LogP contribution < -0.4 is 5.32 Å². The molecule has 24 heavy (non-hydrogen) atoms. The first-order valence-corrected chi connectivity index (χ1v) is 8.54. The molecule has 124 valence electrons. The van der Waals surface area contributed by atoms with E-state index >= 15 is 0 Å². The van der Waals surface area contributed by atoms with Gasteiger partial charge in [0.2, 0.25) is 5.13 Å². The Labute approximate surface area is 148 Å². The quantitative estimate of drug-likeness (QED) is 0.693. The average Bonchev–Trinajstić information content (AvgIpc) is 3.03. The van der Waals surface area contributed by atoms with Gasteiger partial charge in [-0.2, -0.15) is 0 Å². The Balaban J connectivity index is 1.57. The first-order chi connectivity index (χ1) is 11.6. The number of benzene rings is 2. The van der Waals surface area contributed by atoms with E-state index in [0.717, 1.165) is 10.6 Å². The van der Waals surface area contributed by atoms with E-state index in [-0.39, 0.29) is 11.6 Å². The Morgan fingerprint density at radius 1 is 1.17 bits per heavy atom. The molecule has 0 fully saturated rings. The number of hydrogen-bond donors (Lipinski definition) is 2. The zero-order valence-corrected chi connectivity index (χ0v) is 14.2. The molecule has 2 aromatic carbocycles. The lowest BCUT2D eigenvalue weighted by molar-refractivity contribution is 0.191. The van der Waals surface area contributed by atoms with Crippen molar-refractivity contribution in [2.45, 2.75) is 12.5 Å². The highest BCUT2D eigenvalue weighted by atomic mass is 35.5. The van der Waals surface area contributed by atoms with Crippen molar-refractivity contribution < 1.29 is 9.50 Å². The fraction of sp³-hybridized carbons (Fsp3) is 0.176. The van der Waals surface area contributed by atoms with E-state index in [9.17, 15) is 9.50 Å². The van der Waals surface area contributed by atoms with E-state index < -0.39 is 11.9 Å². The summed E-state index contributed by atoms with van der Waals surface area (Å²) in [5, 5.41) is 22.9. The second kappa shape index (κ2) is 7.70. The third kappa shape index (κ3) is 4.29. The molecule has 0 aliphatic carbocycles. The molecule has 7 heteroatoms. The second-order valence-corrected chi connectivity index (χ2v) is 6.70. The van der Waals surface area contributed by atoms with Gasteiger partial charge in [-0.05, 0) is 23.3 Å². The molecule has 1 aromatic heterocycles. The van der Waals surface area contributed by atoms with Gasteiger partial charge in [-0.25, -0.2) is 4.39 Å². The van der Waals surface area contributed by atoms with Crippen molar-refractivity contribution in [3.05, 3.63) is 75.5 Å². The minimum atomic E-state index is -0.863. The van der Waals surface area contributed by atoms with Gasteiger partial charge in [0, 0.05) is 13.0 Å². The van der Waals surface area contributed by atoms with Crippen LogP contribution in [0.25, 0.3) is 0 Å². The van der Waals surface area contributed by atoms with Gasteiger partial charge in [-0.1, -0.05) is 59.3 Å². The summed E-state index contributed by atoms with van der Waals surface area (Å²) in [6.45, 7) is 0.209. The van der Waals surface area contributed by atoms with Crippen LogP contribution in [0.3, 0.4) is 0 Å². The van der Waals surface area contributed by atoms with Crippen LogP contribution in [0.4, 0.5) is 9.52 Å². The van der Waals surface area contributed by atoms with Crippen molar-refractivity contribution >= 4 is 28.1 Å². The lowest BCUT2D eigenvalue weighted by Gasteiger charge is -2.11. The molecule has 0 saturated carbocycles. The largest absolute Gasteiger partial charge is 0.387 e. The minimum Gasteiger partial charge on any atom is -0.387 e. The van der Waals surface area contributed by atoms with Crippen molar-refractivity contribution in [1.82, 2.24) is 10.2 Å². The van der Waals surface area contributed by atoms with E-state index in [1.165, 1.54) is 23.5 Å². The van der Waals surface area contributed by atoms with Crippen molar-refractivity contribution in [1.29, 1.82) is 0 Å². The van der Waals surface area contributed by atoms with Crippen LogP contribution in [0.15, 0.2) is 48.5 Å². The van der Waals surface area contributed by atoms with E-state index in [1.807, 2.05) is 30.3 Å². The summed E-state index contributed by atoms with van der Waals surface area (Å²) in [6, 6.07) is 14.3. The van der Waals surface area contributed by atoms with Gasteiger partial charge < -0.3 is 10.4 Å². The van der Waals surface area contributed by atoms with E-state index in [2.05, 4.69) is 15.5 Å². The van der Waals surface area contributed by atoms with Crippen LogP contribution in [0, 0.1) is 5.82 Å². The fourth-order valence-electron chi connectivity index (χ4n) is 2.19. The van der Waals surface area contributed by atoms with E-state index in [4.69, 9.17) is 11.6 Å². The van der Waals surface area contributed by atoms with E-state index in [0.29, 0.717) is 17.1 Å². The third-order valence-electron chi connectivity index (χ3n) is 3.44. The predicted octanol–water partition coefficient (Wildman–Crippen LogP) is 4.07. The lowest BCUT2D eigenvalue weighted by atomic mass is 10.1. The highest BCUT2D eigenvalue weighted by molar-refractivity contribution is 7.15. The first-order valence-electron chi connectivity index (χ1n) is 7.35. The molecular formula is C17H15ClFN3OS. The molecule has 0 amide bonds. The van der Waals surface area contributed by atoms with Gasteiger partial charge in [0.1, 0.15) is 10.8 Å². The third-order valence-corrected chi connectivity index (χ3v) is 4.63. The number of aromatic nitrogens is 2. The summed E-state index contributed by atoms with van der Waals surface area (Å²) in [7, 11) is 0. The number of hydrogen-bond acceptors (Lipinski definition) is 5. The summed E-state index contributed by atoms with van der Waals surface area (Å²) in [5.74, 6) is -0.547. The molecule has 1 unspecified atom stereocenters. The van der Waals surface area contributed by atoms with Crippen LogP contribution in [-0.4, -0.2) is 21.8 Å². The predicted molar refractivity (Wildman–Crippen MR) is 94.0 cm³/mol. The summed E-state index contributed by atoms with van der Waals surface area (Å²) >= 11 is 7.07. The van der Waals surface area contributed by atoms with Gasteiger partial charge in [-0.3, -0.25) is 0 Å². The zero-order chi connectivity index (χ0) is 16.9. The number of anilines is 1. The standard InChI is InChI=1S/C17H15ClFN3OS/c18-13-7-6-12(9-14(13)19)15(23)10-20-17-22-21-16(24-17)8-11-4-2-1-3-5-11/h1-7,9,15,23H,8,10H2,(H,20,22). The zero-order valence-electron chi connectivity index (χ0n) is 12.6. The number of aliphatic hydroxyl groups is 1. The minimum absolute atomic E-state index is 0.0357. The van der Waals surface area contributed by atoms with Crippen LogP contribution in [0.1, 0.15) is 22.2 Å². The maximum Gasteiger partial charge on any atom is 0.205 e. The van der Waals surface area contributed by atoms with Crippen LogP contribution in [-0.2, 0) is 6.42 Å². The van der Waals surface area contributed by atoms with E-state index in [1.54, 1.807) is 6.07 Å². The highest BCUT2D eigenvalue weighted by Gasteiger charge is 2.12. The molecule has 0 saturated heterocycles. The number of nitrogens with one attached hydrogen (secondary N) is 1. The molecule has 0 aliphatic rings. The Morgan fingerprint density at radius 3 is 2.71 bits per heavy atom. The Kier molecular flexibility index (Phi) is 5.40. The molecule has 0 radical (unpaired) electrons. The molecule has 1 atom stereocenters. The topological polar surface area (TPSA) is 58.0 Å². The van der Waals surface area contributed by atoms with Crippen molar-refractivity contribution in [3.63, 3.8) is 0 Å². The number of nitrogens with zero attached hydrogens (tertiary/aromatic N) is 2. The summed E-state index contributed by atoms with van der Waals surface area (Å²) in [6.07, 6.45) is -0.149. The van der Waals surface area contributed by atoms with Crippen LogP contribution in [0.2, 0.25) is 5.02 Å². The molecule has 4 nitrogen and oxygen atoms in total. The molecule has 3 aromatic rings. The molecule has 0 spiro atoms. The summed E-state index contributed by atoms with van der Waals surface area (Å²) in [4.78, 5) is 0. The number of halogens is 2. The van der Waals surface area contributed by atoms with Gasteiger partial charge in [0.05, 0.1) is 11.1 Å². The molecule has 0 aliphatic heterocycles. The summed E-state index contributed by atoms with van der Waals surface area (Å²) in [5.41, 5.74) is 1.62. The smallest absolute Gasteiger partial charge is 0.205 e. The van der Waals surface area contributed by atoms with Gasteiger partial charge in [-0.15, -0.1) is 10.2 Å². The Bertz CT molecular complexity index is 813. The molecular weight excluding hydrogens is 349 g/mol. The van der Waals surface area contributed by atoms with Crippen molar-refractivity contribution in [3.8, 4) is 0 Å². The highest BCUT2D eigenvalue weighted by Crippen LogP contribution is 2.22. The second-order valence-electron chi connectivity index (χ2n) is 5.23. The lowest BCUT2D eigenvalue weighted by Crippen LogP contribution is -2.12. The normalized spacial score (nSPS) is 12.1. The first kappa shape index (κ1) is 16.8. The summed E-state index contributed by atoms with van der Waals surface area (Å²) < 4.78 is 13.4. The molecule has 3 rings (SSSR count). The van der Waals surface area contributed by atoms with Crippen molar-refractivity contribution in [2.75, 3.05) is 11.9 Å². The molecule has 2 N–H and O–H groups in total. The number of aliphatic hydroxyl groups excluding tert-OH is 1. The Hall–Kier alpha value is -2.02. The van der Waals surface area contributed by atoms with Gasteiger partial charge in [0.15, 0.2) is 0 Å². The Morgan fingerprint density at radius 2 is 1.96 bits per heavy atom. The maximum absolute atomic E-state index is 13.4. The van der Waals surface area contributed by atoms with Gasteiger partial charge >= 0.3 is 0 Å². The molecule has 0 bridgehead atoms. The van der Waals surface area contributed by atoms with Crippen LogP contribution >= 0.6 is 22.9 Å². The molecule has 1 heterocycles. The number of rotatable bonds is 6. The average molecular weight is 364 g/mol. The fourth-order valence-corrected chi connectivity index (χ4v) is 3.09.